The molecule has 0 radical (unpaired) electrons. The van der Waals surface area contributed by atoms with Crippen molar-refractivity contribution in [1.29, 1.82) is 0 Å². The SMILES string of the molecule is NS(=O)(=O)OC[C@H]1CC(Nc2ncncc2C(=O)c2cc(Cc3cccc(F)c3)cs2)C[C@@H]1O. The minimum absolute atomic E-state index is 0.225. The maximum Gasteiger partial charge on any atom is 0.333 e. The van der Waals surface area contributed by atoms with Crippen LogP contribution < -0.4 is 10.5 Å². The molecular weight excluding hydrogens is 483 g/mol. The van der Waals surface area contributed by atoms with Crippen LogP contribution in [-0.2, 0) is 20.9 Å². The molecule has 3 atom stereocenters. The highest BCUT2D eigenvalue weighted by Crippen LogP contribution is 2.30. The number of nitrogens with zero attached hydrogens (tertiary/aromatic N) is 2. The highest BCUT2D eigenvalue weighted by Gasteiger charge is 2.34. The van der Waals surface area contributed by atoms with Crippen LogP contribution >= 0.6 is 11.3 Å². The van der Waals surface area contributed by atoms with Crippen molar-refractivity contribution in [3.8, 4) is 0 Å². The Morgan fingerprint density at radius 2 is 2.12 bits per heavy atom. The molecule has 180 valence electrons. The summed E-state index contributed by atoms with van der Waals surface area (Å²) in [5.41, 5.74) is 1.98. The molecule has 1 aliphatic rings. The molecule has 1 aliphatic carbocycles. The van der Waals surface area contributed by atoms with Crippen LogP contribution in [0, 0.1) is 11.7 Å². The van der Waals surface area contributed by atoms with Crippen molar-refractivity contribution in [2.24, 2.45) is 11.1 Å². The summed E-state index contributed by atoms with van der Waals surface area (Å²) in [6.07, 6.45) is 3.19. The van der Waals surface area contributed by atoms with Gasteiger partial charge >= 0.3 is 10.3 Å². The third-order valence-electron chi connectivity index (χ3n) is 5.58. The Hall–Kier alpha value is -2.77. The number of ketones is 1. The molecule has 4 N–H and O–H groups in total. The van der Waals surface area contributed by atoms with E-state index >= 15 is 0 Å². The molecule has 1 aromatic carbocycles. The van der Waals surface area contributed by atoms with Crippen LogP contribution in [0.5, 0.6) is 0 Å². The first-order valence-electron chi connectivity index (χ1n) is 10.5. The number of thiophene rings is 1. The summed E-state index contributed by atoms with van der Waals surface area (Å²) in [6.45, 7) is -0.225. The number of aliphatic hydroxyl groups excluding tert-OH is 1. The van der Waals surface area contributed by atoms with E-state index in [1.54, 1.807) is 12.1 Å². The van der Waals surface area contributed by atoms with Crippen LogP contribution in [0.3, 0.4) is 0 Å². The quantitative estimate of drug-likeness (QED) is 0.375. The Morgan fingerprint density at radius 1 is 1.29 bits per heavy atom. The second-order valence-electron chi connectivity index (χ2n) is 8.16. The predicted octanol–water partition coefficient (Wildman–Crippen LogP) is 2.27. The number of halogens is 1. The normalized spacial score (nSPS) is 20.4. The van der Waals surface area contributed by atoms with Crippen LogP contribution in [0.2, 0.25) is 0 Å². The Kier molecular flexibility index (Phi) is 7.33. The maximum absolute atomic E-state index is 13.5. The van der Waals surface area contributed by atoms with Gasteiger partial charge in [-0.05, 0) is 54.0 Å². The summed E-state index contributed by atoms with van der Waals surface area (Å²) >= 11 is 1.29. The summed E-state index contributed by atoms with van der Waals surface area (Å²) in [6, 6.07) is 7.84. The fourth-order valence-corrected chi connectivity index (χ4v) is 5.22. The number of hydrogen-bond donors (Lipinski definition) is 3. The van der Waals surface area contributed by atoms with E-state index in [0.717, 1.165) is 11.1 Å². The van der Waals surface area contributed by atoms with Gasteiger partial charge in [0.05, 0.1) is 23.2 Å². The van der Waals surface area contributed by atoms with Crippen molar-refractivity contribution in [2.45, 2.75) is 31.4 Å². The monoisotopic (exact) mass is 506 g/mol. The number of rotatable bonds is 9. The number of carbonyl (C=O) groups excluding carboxylic acids is 1. The molecule has 2 heterocycles. The van der Waals surface area contributed by atoms with Gasteiger partial charge in [-0.1, -0.05) is 12.1 Å². The Bertz CT molecular complexity index is 1280. The average molecular weight is 507 g/mol. The molecule has 1 unspecified atom stereocenters. The third kappa shape index (κ3) is 6.21. The van der Waals surface area contributed by atoms with Crippen molar-refractivity contribution in [3.63, 3.8) is 0 Å². The van der Waals surface area contributed by atoms with Crippen LogP contribution in [0.1, 0.15) is 39.2 Å². The number of nitrogens with two attached hydrogens (primary N) is 1. The molecule has 1 saturated carbocycles. The summed E-state index contributed by atoms with van der Waals surface area (Å²) in [7, 11) is -4.09. The Morgan fingerprint density at radius 3 is 2.88 bits per heavy atom. The van der Waals surface area contributed by atoms with Crippen LogP contribution in [0.4, 0.5) is 10.2 Å². The van der Waals surface area contributed by atoms with Gasteiger partial charge in [0, 0.05) is 18.2 Å². The fourth-order valence-electron chi connectivity index (χ4n) is 3.99. The zero-order valence-corrected chi connectivity index (χ0v) is 19.6. The molecular formula is C22H23FN4O5S2. The lowest BCUT2D eigenvalue weighted by molar-refractivity contribution is 0.101. The van der Waals surface area contributed by atoms with Gasteiger partial charge in [-0.25, -0.2) is 19.5 Å². The van der Waals surface area contributed by atoms with Gasteiger partial charge in [-0.3, -0.25) is 8.98 Å². The number of aromatic nitrogens is 2. The minimum Gasteiger partial charge on any atom is -0.393 e. The zero-order chi connectivity index (χ0) is 24.3. The Balaban J connectivity index is 1.44. The smallest absolute Gasteiger partial charge is 0.333 e. The fraction of sp³-hybridized carbons (Fsp3) is 0.318. The summed E-state index contributed by atoms with van der Waals surface area (Å²) in [5, 5.41) is 20.1. The molecule has 0 bridgehead atoms. The van der Waals surface area contributed by atoms with Crippen molar-refractivity contribution in [2.75, 3.05) is 11.9 Å². The van der Waals surface area contributed by atoms with E-state index in [-0.39, 0.29) is 29.8 Å². The van der Waals surface area contributed by atoms with Gasteiger partial charge in [0.2, 0.25) is 5.78 Å². The second-order valence-corrected chi connectivity index (χ2v) is 10.3. The molecule has 0 amide bonds. The number of hydrogen-bond acceptors (Lipinski definition) is 9. The summed E-state index contributed by atoms with van der Waals surface area (Å²) in [4.78, 5) is 21.9. The van der Waals surface area contributed by atoms with Crippen LogP contribution in [0.15, 0.2) is 48.2 Å². The van der Waals surface area contributed by atoms with E-state index in [4.69, 9.17) is 5.14 Å². The number of aliphatic hydroxyl groups is 1. The Labute approximate surface area is 200 Å². The number of benzene rings is 1. The first kappa shape index (κ1) is 24.4. The van der Waals surface area contributed by atoms with Gasteiger partial charge in [0.25, 0.3) is 0 Å². The third-order valence-corrected chi connectivity index (χ3v) is 7.02. The molecule has 3 aromatic rings. The zero-order valence-electron chi connectivity index (χ0n) is 17.9. The molecule has 9 nitrogen and oxygen atoms in total. The highest BCUT2D eigenvalue weighted by molar-refractivity contribution is 7.84. The average Bonchev–Trinajstić information content (AvgIpc) is 3.38. The molecule has 0 aliphatic heterocycles. The van der Waals surface area contributed by atoms with E-state index in [1.165, 1.54) is 36.0 Å². The number of anilines is 1. The van der Waals surface area contributed by atoms with Crippen LogP contribution in [-0.4, -0.2) is 48.0 Å². The maximum atomic E-state index is 13.5. The van der Waals surface area contributed by atoms with Gasteiger partial charge < -0.3 is 10.4 Å². The van der Waals surface area contributed by atoms with Crippen LogP contribution in [0.25, 0.3) is 0 Å². The van der Waals surface area contributed by atoms with Gasteiger partial charge in [0.1, 0.15) is 18.0 Å². The number of nitrogens with one attached hydrogen (secondary N) is 1. The minimum atomic E-state index is -4.09. The standard InChI is InChI=1S/C22H23FN4O5S2/c23-16-3-1-2-13(5-16)4-14-6-20(33-11-14)21(29)18-9-25-12-26-22(18)27-17-7-15(19(28)8-17)10-32-34(24,30)31/h1-3,5-6,9,11-12,15,17,19,28H,4,7-8,10H2,(H2,24,30,31)(H,25,26,27)/t15-,17?,19+/m1/s1. The van der Waals surface area contributed by atoms with E-state index in [9.17, 15) is 22.7 Å². The molecule has 34 heavy (non-hydrogen) atoms. The highest BCUT2D eigenvalue weighted by atomic mass is 32.2. The number of carbonyl (C=O) groups is 1. The lowest BCUT2D eigenvalue weighted by atomic mass is 10.1. The molecule has 12 heteroatoms. The van der Waals surface area contributed by atoms with E-state index < -0.39 is 22.3 Å². The first-order valence-corrected chi connectivity index (χ1v) is 12.8. The van der Waals surface area contributed by atoms with E-state index in [2.05, 4.69) is 19.5 Å². The predicted molar refractivity (Wildman–Crippen MR) is 124 cm³/mol. The van der Waals surface area contributed by atoms with E-state index in [1.807, 2.05) is 11.4 Å². The topological polar surface area (TPSA) is 144 Å². The van der Waals surface area contributed by atoms with Gasteiger partial charge in [0.15, 0.2) is 0 Å². The molecule has 0 spiro atoms. The lowest BCUT2D eigenvalue weighted by Gasteiger charge is -2.15. The molecule has 2 aromatic heterocycles. The lowest BCUT2D eigenvalue weighted by Crippen LogP contribution is -2.24. The van der Waals surface area contributed by atoms with Gasteiger partial charge in [-0.2, -0.15) is 8.42 Å². The summed E-state index contributed by atoms with van der Waals surface area (Å²) in [5.74, 6) is -0.673. The van der Waals surface area contributed by atoms with Crippen molar-refractivity contribution >= 4 is 33.2 Å². The second kappa shape index (κ2) is 10.2. The van der Waals surface area contributed by atoms with E-state index in [0.29, 0.717) is 30.0 Å². The molecule has 1 fully saturated rings. The van der Waals surface area contributed by atoms with Crippen molar-refractivity contribution < 1.29 is 26.9 Å². The largest absolute Gasteiger partial charge is 0.393 e. The summed E-state index contributed by atoms with van der Waals surface area (Å²) < 4.78 is 40.1. The first-order chi connectivity index (χ1) is 16.2. The van der Waals surface area contributed by atoms with Crippen molar-refractivity contribution in [1.82, 2.24) is 9.97 Å². The molecule has 4 rings (SSSR count). The molecule has 0 saturated heterocycles. The van der Waals surface area contributed by atoms with Crippen molar-refractivity contribution in [3.05, 3.63) is 75.6 Å². The van der Waals surface area contributed by atoms with Gasteiger partial charge in [-0.15, -0.1) is 11.3 Å².